The minimum Gasteiger partial charge on any atom is -0.433 e. The van der Waals surface area contributed by atoms with Crippen molar-refractivity contribution in [3.05, 3.63) is 59.4 Å². The zero-order valence-electron chi connectivity index (χ0n) is 16.8. The molecule has 0 aliphatic heterocycles. The summed E-state index contributed by atoms with van der Waals surface area (Å²) in [6, 6.07) is 12.9. The molecular formula is C20H19ClF2N6O2S. The average molecular weight is 481 g/mol. The molecule has 168 valence electrons. The number of thioether (sulfide) groups is 1. The number of hydrogen-bond acceptors (Lipinski definition) is 8. The predicted octanol–water partition coefficient (Wildman–Crippen LogP) is 4.71. The summed E-state index contributed by atoms with van der Waals surface area (Å²) < 4.78 is 29.5. The summed E-state index contributed by atoms with van der Waals surface area (Å²) in [6.45, 7) is -1.32. The molecule has 0 bridgehead atoms. The third-order valence-electron chi connectivity index (χ3n) is 3.99. The van der Waals surface area contributed by atoms with Crippen LogP contribution in [0, 0.1) is 0 Å². The quantitative estimate of drug-likeness (QED) is 0.403. The number of ether oxygens (including phenoxy) is 1. The van der Waals surface area contributed by atoms with Crippen molar-refractivity contribution in [3.63, 3.8) is 0 Å². The zero-order valence-corrected chi connectivity index (χ0v) is 18.3. The fourth-order valence-electron chi connectivity index (χ4n) is 2.50. The molecule has 0 saturated carbocycles. The van der Waals surface area contributed by atoms with Gasteiger partial charge in [-0.2, -0.15) is 23.7 Å². The Morgan fingerprint density at radius 1 is 1.16 bits per heavy atom. The van der Waals surface area contributed by atoms with E-state index in [0.29, 0.717) is 10.8 Å². The van der Waals surface area contributed by atoms with Gasteiger partial charge >= 0.3 is 6.61 Å². The lowest BCUT2D eigenvalue weighted by molar-refractivity contribution is -0.115. The minimum atomic E-state index is -3.00. The molecule has 4 N–H and O–H groups in total. The Kier molecular flexibility index (Phi) is 8.01. The number of benzene rings is 2. The molecule has 1 amide bonds. The number of anilines is 4. The topological polar surface area (TPSA) is 115 Å². The number of nitrogens with two attached hydrogens (primary N) is 1. The van der Waals surface area contributed by atoms with E-state index in [9.17, 15) is 13.6 Å². The first-order valence-electron chi connectivity index (χ1n) is 9.29. The summed E-state index contributed by atoms with van der Waals surface area (Å²) in [5.41, 5.74) is 6.65. The molecular weight excluding hydrogens is 462 g/mol. The van der Waals surface area contributed by atoms with Gasteiger partial charge in [-0.1, -0.05) is 23.7 Å². The van der Waals surface area contributed by atoms with Gasteiger partial charge in [0.2, 0.25) is 17.8 Å². The highest BCUT2D eigenvalue weighted by Crippen LogP contribution is 2.27. The highest BCUT2D eigenvalue weighted by atomic mass is 35.5. The lowest BCUT2D eigenvalue weighted by Gasteiger charge is -2.15. The Morgan fingerprint density at radius 3 is 2.59 bits per heavy atom. The number of carbonyl (C=O) groups is 1. The number of halogens is 3. The lowest BCUT2D eigenvalue weighted by Crippen LogP contribution is -2.23. The van der Waals surface area contributed by atoms with E-state index >= 15 is 0 Å². The number of hydrogen-bond donors (Lipinski definition) is 3. The van der Waals surface area contributed by atoms with Crippen molar-refractivity contribution in [2.24, 2.45) is 0 Å². The smallest absolute Gasteiger partial charge is 0.387 e. The van der Waals surface area contributed by atoms with E-state index in [-0.39, 0.29) is 35.0 Å². The van der Waals surface area contributed by atoms with Gasteiger partial charge in [-0.15, -0.1) is 11.8 Å². The van der Waals surface area contributed by atoms with Gasteiger partial charge in [0, 0.05) is 10.7 Å². The molecule has 32 heavy (non-hydrogen) atoms. The fraction of sp³-hybridized carbons (Fsp3) is 0.200. The number of carbonyl (C=O) groups excluding carboxylic acids is 1. The van der Waals surface area contributed by atoms with E-state index in [2.05, 4.69) is 30.3 Å². The number of alkyl halides is 2. The second-order valence-corrected chi connectivity index (χ2v) is 8.15. The third kappa shape index (κ3) is 6.92. The predicted molar refractivity (Wildman–Crippen MR) is 121 cm³/mol. The molecule has 1 heterocycles. The van der Waals surface area contributed by atoms with Crippen molar-refractivity contribution >= 4 is 52.5 Å². The van der Waals surface area contributed by atoms with E-state index < -0.39 is 11.9 Å². The molecule has 2 aromatic carbocycles. The average Bonchev–Trinajstić information content (AvgIpc) is 2.74. The highest BCUT2D eigenvalue weighted by Gasteiger charge is 2.18. The van der Waals surface area contributed by atoms with Crippen LogP contribution in [0.3, 0.4) is 0 Å². The molecule has 0 spiro atoms. The summed E-state index contributed by atoms with van der Waals surface area (Å²) >= 11 is 7.13. The molecule has 3 rings (SSSR count). The molecule has 1 aromatic heterocycles. The molecule has 0 saturated heterocycles. The molecule has 1 atom stereocenters. The maximum Gasteiger partial charge on any atom is 0.387 e. The van der Waals surface area contributed by atoms with E-state index in [1.54, 1.807) is 37.3 Å². The molecule has 0 aliphatic carbocycles. The van der Waals surface area contributed by atoms with Gasteiger partial charge in [-0.3, -0.25) is 4.79 Å². The van der Waals surface area contributed by atoms with Crippen LogP contribution in [0.2, 0.25) is 5.02 Å². The molecule has 0 aliphatic rings. The van der Waals surface area contributed by atoms with E-state index in [1.807, 2.05) is 0 Å². The Labute approximate surface area is 192 Å². The number of rotatable bonds is 9. The molecule has 0 unspecified atom stereocenters. The highest BCUT2D eigenvalue weighted by molar-refractivity contribution is 7.99. The number of para-hydroxylation sites is 2. The van der Waals surface area contributed by atoms with Gasteiger partial charge in [0.05, 0.1) is 16.7 Å². The van der Waals surface area contributed by atoms with E-state index in [4.69, 9.17) is 17.3 Å². The van der Waals surface area contributed by atoms with Gasteiger partial charge in [-0.05, 0) is 43.3 Å². The Hall–Kier alpha value is -3.18. The number of aromatic nitrogens is 3. The normalized spacial score (nSPS) is 11.8. The Balaban J connectivity index is 1.60. The van der Waals surface area contributed by atoms with Crippen molar-refractivity contribution in [1.29, 1.82) is 0 Å². The van der Waals surface area contributed by atoms with Crippen LogP contribution in [0.1, 0.15) is 12.7 Å². The Bertz CT molecular complexity index is 1070. The summed E-state index contributed by atoms with van der Waals surface area (Å²) in [5, 5.41) is 5.66. The third-order valence-corrected chi connectivity index (χ3v) is 5.38. The number of nitrogen functional groups attached to an aromatic ring is 1. The fourth-order valence-corrected chi connectivity index (χ4v) is 3.36. The molecule has 3 aromatic rings. The van der Waals surface area contributed by atoms with Crippen molar-refractivity contribution in [2.45, 2.75) is 24.5 Å². The molecule has 0 fully saturated rings. The largest absolute Gasteiger partial charge is 0.433 e. The van der Waals surface area contributed by atoms with Gasteiger partial charge < -0.3 is 21.1 Å². The SMILES string of the molecule is C[C@H](SCc1nc(N)nc(Nc2ccc(Cl)cc2)n1)C(=O)Nc1ccccc1OC(F)F. The number of amides is 1. The van der Waals surface area contributed by atoms with Crippen LogP contribution in [0.5, 0.6) is 5.75 Å². The van der Waals surface area contributed by atoms with Crippen molar-refractivity contribution in [2.75, 3.05) is 16.4 Å². The molecule has 12 heteroatoms. The summed E-state index contributed by atoms with van der Waals surface area (Å²) in [7, 11) is 0. The van der Waals surface area contributed by atoms with Crippen LogP contribution in [0.15, 0.2) is 48.5 Å². The summed E-state index contributed by atoms with van der Waals surface area (Å²) in [4.78, 5) is 25.0. The van der Waals surface area contributed by atoms with Crippen LogP contribution >= 0.6 is 23.4 Å². The van der Waals surface area contributed by atoms with Gasteiger partial charge in [-0.25, -0.2) is 0 Å². The van der Waals surface area contributed by atoms with Gasteiger partial charge in [0.15, 0.2) is 0 Å². The van der Waals surface area contributed by atoms with Crippen molar-refractivity contribution < 1.29 is 18.3 Å². The second kappa shape index (κ2) is 10.9. The standard InChI is InChI=1S/C20H19ClF2N6O2S/c1-11(17(30)26-14-4-2-3-5-15(14)31-18(22)23)32-10-16-27-19(24)29-20(28-16)25-13-8-6-12(21)7-9-13/h2-9,11,18H,10H2,1H3,(H,26,30)(H3,24,25,27,28,29)/t11-/m0/s1. The number of nitrogens with one attached hydrogen (secondary N) is 2. The Morgan fingerprint density at radius 2 is 1.88 bits per heavy atom. The first-order chi connectivity index (χ1) is 15.3. The van der Waals surface area contributed by atoms with E-state index in [0.717, 1.165) is 5.69 Å². The summed E-state index contributed by atoms with van der Waals surface area (Å²) in [5.74, 6) is 0.428. The van der Waals surface area contributed by atoms with Gasteiger partial charge in [0.1, 0.15) is 11.6 Å². The van der Waals surface area contributed by atoms with Crippen LogP contribution in [-0.2, 0) is 10.5 Å². The summed E-state index contributed by atoms with van der Waals surface area (Å²) in [6.07, 6.45) is 0. The maximum absolute atomic E-state index is 12.5. The maximum atomic E-state index is 12.5. The minimum absolute atomic E-state index is 0.0299. The van der Waals surface area contributed by atoms with Crippen LogP contribution in [-0.4, -0.2) is 32.7 Å². The monoisotopic (exact) mass is 480 g/mol. The molecule has 0 radical (unpaired) electrons. The number of nitrogens with zero attached hydrogens (tertiary/aromatic N) is 3. The van der Waals surface area contributed by atoms with E-state index in [1.165, 1.54) is 30.0 Å². The second-order valence-electron chi connectivity index (χ2n) is 6.38. The molecule has 8 nitrogen and oxygen atoms in total. The first-order valence-corrected chi connectivity index (χ1v) is 10.7. The van der Waals surface area contributed by atoms with Crippen LogP contribution < -0.4 is 21.1 Å². The van der Waals surface area contributed by atoms with Gasteiger partial charge in [0.25, 0.3) is 0 Å². The van der Waals surface area contributed by atoms with Crippen molar-refractivity contribution in [3.8, 4) is 5.75 Å². The van der Waals surface area contributed by atoms with Crippen LogP contribution in [0.25, 0.3) is 0 Å². The van der Waals surface area contributed by atoms with Crippen LogP contribution in [0.4, 0.5) is 32.1 Å². The lowest BCUT2D eigenvalue weighted by atomic mass is 10.3. The van der Waals surface area contributed by atoms with Crippen molar-refractivity contribution in [1.82, 2.24) is 15.0 Å². The first kappa shape index (κ1) is 23.5. The zero-order chi connectivity index (χ0) is 23.1.